The van der Waals surface area contributed by atoms with E-state index in [1.807, 2.05) is 36.4 Å². The lowest BCUT2D eigenvalue weighted by Crippen LogP contribution is -2.14. The molecule has 1 aliphatic carbocycles. The van der Waals surface area contributed by atoms with Crippen LogP contribution in [0.1, 0.15) is 17.7 Å². The van der Waals surface area contributed by atoms with Crippen LogP contribution in [0.15, 0.2) is 143 Å². The molecule has 230 valence electrons. The second-order valence-electron chi connectivity index (χ2n) is 13.1. The highest BCUT2D eigenvalue weighted by atomic mass is 16.1. The smallest absolute Gasteiger partial charge is 0.197 e. The molecular weight excluding hydrogens is 603 g/mol. The van der Waals surface area contributed by atoms with Crippen molar-refractivity contribution in [2.75, 3.05) is 0 Å². The van der Waals surface area contributed by atoms with Gasteiger partial charge in [0.05, 0.1) is 33.1 Å². The summed E-state index contributed by atoms with van der Waals surface area (Å²) in [6.45, 7) is 0. The van der Waals surface area contributed by atoms with Crippen LogP contribution in [-0.4, -0.2) is 13.5 Å². The van der Waals surface area contributed by atoms with Gasteiger partial charge in [0.25, 0.3) is 0 Å². The fourth-order valence-corrected chi connectivity index (χ4v) is 8.56. The number of para-hydroxylation sites is 4. The van der Waals surface area contributed by atoms with Gasteiger partial charge >= 0.3 is 0 Å². The average Bonchev–Trinajstić information content (AvgIpc) is 3.67. The van der Waals surface area contributed by atoms with Crippen molar-refractivity contribution < 1.29 is 0 Å². The fourth-order valence-electron chi connectivity index (χ4n) is 8.56. The summed E-state index contributed by atoms with van der Waals surface area (Å²) >= 11 is 0. The van der Waals surface area contributed by atoms with Crippen molar-refractivity contribution in [3.8, 4) is 11.4 Å². The second kappa shape index (κ2) is 9.55. The molecule has 0 radical (unpaired) electrons. The number of aromatic nitrogens is 3. The monoisotopic (exact) mass is 629 g/mol. The lowest BCUT2D eigenvalue weighted by Gasteiger charge is -2.17. The Balaban J connectivity index is 1.23. The number of pyridine rings is 2. The van der Waals surface area contributed by atoms with Gasteiger partial charge in [-0.2, -0.15) is 0 Å². The zero-order valence-corrected chi connectivity index (χ0v) is 26.4. The van der Waals surface area contributed by atoms with Crippen molar-refractivity contribution in [1.82, 2.24) is 13.5 Å². The molecule has 0 aliphatic heterocycles. The molecule has 10 aromatic rings. The van der Waals surface area contributed by atoms with Gasteiger partial charge in [0.15, 0.2) is 10.9 Å². The summed E-state index contributed by atoms with van der Waals surface area (Å²) in [5.74, 6) is 0. The van der Waals surface area contributed by atoms with Crippen molar-refractivity contribution in [2.24, 2.45) is 0 Å². The van der Waals surface area contributed by atoms with Gasteiger partial charge in [-0.05, 0) is 91.2 Å². The van der Waals surface area contributed by atoms with Crippen molar-refractivity contribution >= 4 is 76.9 Å². The van der Waals surface area contributed by atoms with Crippen LogP contribution >= 0.6 is 0 Å². The molecule has 0 fully saturated rings. The van der Waals surface area contributed by atoms with E-state index in [2.05, 4.69) is 117 Å². The van der Waals surface area contributed by atoms with Crippen LogP contribution in [0, 0.1) is 0 Å². The Kier molecular flexibility index (Phi) is 5.18. The molecule has 5 heteroatoms. The zero-order chi connectivity index (χ0) is 32.4. The lowest BCUT2D eigenvalue weighted by atomic mass is 10.0. The molecule has 0 unspecified atom stereocenters. The Morgan fingerprint density at radius 1 is 0.449 bits per heavy atom. The van der Waals surface area contributed by atoms with Crippen LogP contribution < -0.4 is 10.9 Å². The number of allylic oxidation sites excluding steroid dienone is 1. The summed E-state index contributed by atoms with van der Waals surface area (Å²) < 4.78 is 6.65. The molecule has 11 rings (SSSR count). The number of hydrogen-bond donors (Lipinski definition) is 0. The fraction of sp³-hybridized carbons (Fsp3) is 0.0455. The minimum absolute atomic E-state index is 0.0658. The summed E-state index contributed by atoms with van der Waals surface area (Å²) in [6, 6.07) is 43.2. The quantitative estimate of drug-likeness (QED) is 0.141. The molecule has 0 saturated carbocycles. The Hall–Kier alpha value is -6.46. The number of fused-ring (bicyclic) bond motifs is 10. The topological polar surface area (TPSA) is 48.4 Å². The summed E-state index contributed by atoms with van der Waals surface area (Å²) in [7, 11) is 0. The number of benzene rings is 6. The van der Waals surface area contributed by atoms with Gasteiger partial charge < -0.3 is 13.5 Å². The van der Waals surface area contributed by atoms with Crippen LogP contribution in [0.4, 0.5) is 0 Å². The van der Waals surface area contributed by atoms with E-state index >= 15 is 0 Å². The number of hydrogen-bond acceptors (Lipinski definition) is 2. The third-order valence-electron chi connectivity index (χ3n) is 10.6. The molecule has 0 atom stereocenters. The second-order valence-corrected chi connectivity index (χ2v) is 13.1. The van der Waals surface area contributed by atoms with Gasteiger partial charge in [0.1, 0.15) is 0 Å². The maximum absolute atomic E-state index is 14.3. The van der Waals surface area contributed by atoms with Gasteiger partial charge in [0, 0.05) is 54.8 Å². The SMILES string of the molecule is O=c1c2cc(-n3c4c(c5ccccc53)CCC=C4)ccc2n2c3ccc(-n4c5ccccc5c5ccccc54)cc3c(=O)c3cccc1c32. The third-order valence-corrected chi connectivity index (χ3v) is 10.6. The number of aryl methyl sites for hydroxylation is 1. The molecule has 4 aromatic heterocycles. The minimum atomic E-state index is -0.0733. The highest BCUT2D eigenvalue weighted by molar-refractivity contribution is 6.11. The Bertz CT molecular complexity index is 3160. The Labute approximate surface area is 279 Å². The third kappa shape index (κ3) is 3.43. The molecule has 4 heterocycles. The first kappa shape index (κ1) is 26.6. The van der Waals surface area contributed by atoms with Gasteiger partial charge in [-0.1, -0.05) is 66.7 Å². The predicted molar refractivity (Wildman–Crippen MR) is 202 cm³/mol. The van der Waals surface area contributed by atoms with E-state index in [-0.39, 0.29) is 10.9 Å². The molecule has 0 saturated heterocycles. The maximum atomic E-state index is 14.3. The largest absolute Gasteiger partial charge is 0.310 e. The number of rotatable bonds is 2. The van der Waals surface area contributed by atoms with E-state index < -0.39 is 0 Å². The van der Waals surface area contributed by atoms with Crippen LogP contribution in [0.3, 0.4) is 0 Å². The summed E-state index contributed by atoms with van der Waals surface area (Å²) in [4.78, 5) is 28.7. The van der Waals surface area contributed by atoms with Gasteiger partial charge in [-0.3, -0.25) is 9.59 Å². The first-order chi connectivity index (χ1) is 24.2. The van der Waals surface area contributed by atoms with Gasteiger partial charge in [0.2, 0.25) is 0 Å². The molecule has 5 nitrogen and oxygen atoms in total. The van der Waals surface area contributed by atoms with Crippen LogP contribution in [0.5, 0.6) is 0 Å². The molecule has 1 aliphatic rings. The van der Waals surface area contributed by atoms with Gasteiger partial charge in [-0.25, -0.2) is 0 Å². The highest BCUT2D eigenvalue weighted by Gasteiger charge is 2.22. The van der Waals surface area contributed by atoms with E-state index in [1.165, 1.54) is 27.4 Å². The molecule has 0 N–H and O–H groups in total. The minimum Gasteiger partial charge on any atom is -0.310 e. The number of nitrogens with zero attached hydrogens (tertiary/aromatic N) is 3. The molecule has 49 heavy (non-hydrogen) atoms. The average molecular weight is 630 g/mol. The van der Waals surface area contributed by atoms with Crippen LogP contribution in [0.25, 0.3) is 88.3 Å². The summed E-state index contributed by atoms with van der Waals surface area (Å²) in [5, 5.41) is 5.93. The van der Waals surface area contributed by atoms with E-state index in [4.69, 9.17) is 0 Å². The first-order valence-electron chi connectivity index (χ1n) is 16.8. The summed E-state index contributed by atoms with van der Waals surface area (Å²) in [5.41, 5.74) is 9.80. The van der Waals surface area contributed by atoms with Crippen LogP contribution in [0.2, 0.25) is 0 Å². The van der Waals surface area contributed by atoms with E-state index in [1.54, 1.807) is 0 Å². The highest BCUT2D eigenvalue weighted by Crippen LogP contribution is 2.36. The predicted octanol–water partition coefficient (Wildman–Crippen LogP) is 9.56. The van der Waals surface area contributed by atoms with Crippen molar-refractivity contribution in [3.05, 3.63) is 165 Å². The van der Waals surface area contributed by atoms with Crippen molar-refractivity contribution in [1.29, 1.82) is 0 Å². The Morgan fingerprint density at radius 2 is 0.959 bits per heavy atom. The maximum Gasteiger partial charge on any atom is 0.197 e. The van der Waals surface area contributed by atoms with Gasteiger partial charge in [-0.15, -0.1) is 0 Å². The summed E-state index contributed by atoms with van der Waals surface area (Å²) in [6.07, 6.45) is 6.46. The van der Waals surface area contributed by atoms with Crippen molar-refractivity contribution in [2.45, 2.75) is 12.8 Å². The van der Waals surface area contributed by atoms with Crippen LogP contribution in [-0.2, 0) is 6.42 Å². The van der Waals surface area contributed by atoms with Crippen molar-refractivity contribution in [3.63, 3.8) is 0 Å². The lowest BCUT2D eigenvalue weighted by molar-refractivity contribution is 0.968. The van der Waals surface area contributed by atoms with E-state index in [0.717, 1.165) is 51.8 Å². The molecule has 0 bridgehead atoms. The molecular formula is C44H27N3O2. The zero-order valence-electron chi connectivity index (χ0n) is 26.4. The normalized spacial score (nSPS) is 13.2. The molecule has 6 aromatic carbocycles. The van der Waals surface area contributed by atoms with E-state index in [9.17, 15) is 9.59 Å². The van der Waals surface area contributed by atoms with E-state index in [0.29, 0.717) is 27.1 Å². The first-order valence-corrected chi connectivity index (χ1v) is 16.8. The standard InChI is InChI=1S/C44H27N3O2/c48-43-32-14-9-15-33-42(32)47(40-22-20-26(24-34(40)43)45-36-16-5-1-10-28(36)29-11-2-6-17-37(29)45)41-23-21-27(25-35(41)44(33)49)46-38-18-7-3-12-30(38)31-13-4-8-19-39(31)46/h1-3,5-12,14-25H,4,13H2. The Morgan fingerprint density at radius 3 is 1.57 bits per heavy atom. The molecule has 0 amide bonds. The molecule has 0 spiro atoms.